The van der Waals surface area contributed by atoms with Gasteiger partial charge in [0.05, 0.1) is 32.0 Å². The van der Waals surface area contributed by atoms with Crippen molar-refractivity contribution in [1.29, 1.82) is 0 Å². The van der Waals surface area contributed by atoms with Crippen molar-refractivity contribution < 1.29 is 64.6 Å². The molecule has 0 aromatic carbocycles. The minimum Gasteiger partial charge on any atom is -0.394 e. The standard InChI is InChI=1S/C60H107NO13/c1-3-5-7-9-11-13-15-17-19-20-21-22-23-24-25-26-27-28-30-31-33-35-37-39-41-43-49(64)48(61-52(65)44-42-40-38-36-34-32-29-18-16-14-12-10-8-6-4-2)47-71-59-57(70)55(68)58(51(46-63)73-59)74-60-56(69)54(67)53(66)50(45-62)72-60/h6,8,12,14,18,29,34,36,40,42,48-51,53-60,62-64,66-70H,3-5,7,9-11,13,15-17,19-28,30-33,35,37-39,41,43-47H2,1-2H3,(H,61,65)/b8-6-,14-12-,29-18-,36-34-,42-40-. The van der Waals surface area contributed by atoms with Gasteiger partial charge in [-0.3, -0.25) is 4.79 Å². The average Bonchev–Trinajstić information content (AvgIpc) is 3.40. The van der Waals surface area contributed by atoms with Crippen LogP contribution in [0.1, 0.15) is 219 Å². The molecule has 0 saturated carbocycles. The number of carbonyl (C=O) groups excluding carboxylic acids is 1. The summed E-state index contributed by atoms with van der Waals surface area (Å²) in [5.74, 6) is -0.333. The monoisotopic (exact) mass is 1050 g/mol. The normalized spacial score (nSPS) is 25.6. The fourth-order valence-electron chi connectivity index (χ4n) is 9.54. The van der Waals surface area contributed by atoms with Crippen LogP contribution in [0.15, 0.2) is 60.8 Å². The van der Waals surface area contributed by atoms with Gasteiger partial charge in [-0.2, -0.15) is 0 Å². The maximum absolute atomic E-state index is 13.2. The second-order valence-corrected chi connectivity index (χ2v) is 20.8. The lowest BCUT2D eigenvalue weighted by molar-refractivity contribution is -0.359. The van der Waals surface area contributed by atoms with E-state index in [9.17, 15) is 45.6 Å². The van der Waals surface area contributed by atoms with E-state index in [0.29, 0.717) is 12.8 Å². The molecule has 2 rings (SSSR count). The summed E-state index contributed by atoms with van der Waals surface area (Å²) in [7, 11) is 0. The van der Waals surface area contributed by atoms with Crippen LogP contribution in [0.2, 0.25) is 0 Å². The number of allylic oxidation sites excluding steroid dienone is 9. The number of aliphatic hydroxyl groups is 8. The van der Waals surface area contributed by atoms with Crippen LogP contribution in [-0.2, 0) is 23.7 Å². The van der Waals surface area contributed by atoms with Gasteiger partial charge in [0.25, 0.3) is 0 Å². The molecule has 0 spiro atoms. The Labute approximate surface area is 447 Å². The number of aliphatic hydroxyl groups excluding tert-OH is 8. The Morgan fingerprint density at radius 2 is 0.878 bits per heavy atom. The number of unbranched alkanes of at least 4 members (excludes halogenated alkanes) is 24. The Kier molecular flexibility index (Phi) is 41.9. The van der Waals surface area contributed by atoms with Crippen LogP contribution in [0, 0.1) is 0 Å². The van der Waals surface area contributed by atoms with Crippen LogP contribution in [0.3, 0.4) is 0 Å². The van der Waals surface area contributed by atoms with Crippen molar-refractivity contribution in [3.63, 3.8) is 0 Å². The van der Waals surface area contributed by atoms with Crippen molar-refractivity contribution in [1.82, 2.24) is 5.32 Å². The summed E-state index contributed by atoms with van der Waals surface area (Å²) in [6, 6.07) is -0.886. The number of nitrogens with one attached hydrogen (secondary N) is 1. The van der Waals surface area contributed by atoms with Gasteiger partial charge in [-0.1, -0.05) is 235 Å². The molecule has 2 saturated heterocycles. The van der Waals surface area contributed by atoms with Crippen molar-refractivity contribution in [3.05, 3.63) is 60.8 Å². The Bertz CT molecular complexity index is 1470. The first-order chi connectivity index (χ1) is 36.1. The minimum absolute atomic E-state index is 0.0705. The molecule has 1 amide bonds. The highest BCUT2D eigenvalue weighted by Crippen LogP contribution is 2.30. The molecule has 0 bridgehead atoms. The number of hydrogen-bond acceptors (Lipinski definition) is 13. The molecule has 12 atom stereocenters. The molecule has 14 heteroatoms. The number of carbonyl (C=O) groups is 1. The van der Waals surface area contributed by atoms with Crippen LogP contribution in [0.5, 0.6) is 0 Å². The molecule has 12 unspecified atom stereocenters. The summed E-state index contributed by atoms with van der Waals surface area (Å²) < 4.78 is 22.8. The Balaban J connectivity index is 1.76. The van der Waals surface area contributed by atoms with Gasteiger partial charge in [0.2, 0.25) is 5.91 Å². The van der Waals surface area contributed by atoms with Gasteiger partial charge in [-0.05, 0) is 38.5 Å². The Morgan fingerprint density at radius 3 is 1.31 bits per heavy atom. The molecule has 0 radical (unpaired) electrons. The lowest BCUT2D eigenvalue weighted by atomic mass is 9.97. The van der Waals surface area contributed by atoms with Crippen LogP contribution < -0.4 is 5.32 Å². The molecule has 2 fully saturated rings. The molecular weight excluding hydrogens is 943 g/mol. The maximum Gasteiger partial charge on any atom is 0.224 e. The van der Waals surface area contributed by atoms with Crippen LogP contribution in [0.25, 0.3) is 0 Å². The maximum atomic E-state index is 13.2. The number of amides is 1. The molecule has 2 aliphatic heterocycles. The van der Waals surface area contributed by atoms with Crippen molar-refractivity contribution in [3.8, 4) is 0 Å². The molecule has 74 heavy (non-hydrogen) atoms. The zero-order valence-electron chi connectivity index (χ0n) is 46.1. The van der Waals surface area contributed by atoms with E-state index < -0.39 is 86.8 Å². The SMILES string of the molecule is CC/C=C\C/C=C\C/C=C\C/C=C\C/C=C\CC(=O)NC(COC1OC(CO)C(OC2OC(CO)C(O)C(O)C2O)C(O)C1O)C(O)CCCCCCCCCCCCCCCCCCCCCCCCCCC. The molecule has 0 aliphatic carbocycles. The molecule has 2 heterocycles. The molecule has 0 aromatic rings. The first kappa shape index (κ1) is 67.8. The first-order valence-corrected chi connectivity index (χ1v) is 29.5. The van der Waals surface area contributed by atoms with Gasteiger partial charge in [0.15, 0.2) is 12.6 Å². The van der Waals surface area contributed by atoms with Crippen LogP contribution in [-0.4, -0.2) is 140 Å². The van der Waals surface area contributed by atoms with E-state index in [1.807, 2.05) is 12.2 Å². The third-order valence-corrected chi connectivity index (χ3v) is 14.3. The van der Waals surface area contributed by atoms with E-state index in [2.05, 4.69) is 61.7 Å². The summed E-state index contributed by atoms with van der Waals surface area (Å²) in [6.45, 7) is 2.69. The highest BCUT2D eigenvalue weighted by Gasteiger charge is 2.51. The first-order valence-electron chi connectivity index (χ1n) is 29.5. The average molecular weight is 1050 g/mol. The molecule has 2 aliphatic rings. The van der Waals surface area contributed by atoms with Crippen molar-refractivity contribution in [2.75, 3.05) is 19.8 Å². The number of hydrogen-bond donors (Lipinski definition) is 9. The van der Waals surface area contributed by atoms with Crippen LogP contribution in [0.4, 0.5) is 0 Å². The molecule has 430 valence electrons. The lowest BCUT2D eigenvalue weighted by Crippen LogP contribution is -2.65. The summed E-state index contributed by atoms with van der Waals surface area (Å²) in [5, 5.41) is 87.1. The van der Waals surface area contributed by atoms with Crippen molar-refractivity contribution in [2.45, 2.75) is 293 Å². The van der Waals surface area contributed by atoms with Crippen LogP contribution >= 0.6 is 0 Å². The summed E-state index contributed by atoms with van der Waals surface area (Å²) in [4.78, 5) is 13.2. The predicted octanol–water partition coefficient (Wildman–Crippen LogP) is 9.78. The van der Waals surface area contributed by atoms with Gasteiger partial charge in [0, 0.05) is 6.42 Å². The lowest BCUT2D eigenvalue weighted by Gasteiger charge is -2.46. The number of rotatable bonds is 46. The largest absolute Gasteiger partial charge is 0.394 e. The highest BCUT2D eigenvalue weighted by atomic mass is 16.7. The fraction of sp³-hybridized carbons (Fsp3) is 0.817. The van der Waals surface area contributed by atoms with E-state index in [-0.39, 0.29) is 18.9 Å². The second-order valence-electron chi connectivity index (χ2n) is 20.8. The third kappa shape index (κ3) is 31.2. The van der Waals surface area contributed by atoms with Gasteiger partial charge in [-0.25, -0.2) is 0 Å². The van der Waals surface area contributed by atoms with Crippen molar-refractivity contribution >= 4 is 5.91 Å². The summed E-state index contributed by atoms with van der Waals surface area (Å²) >= 11 is 0. The third-order valence-electron chi connectivity index (χ3n) is 14.3. The Hall–Kier alpha value is -2.31. The topological polar surface area (TPSA) is 228 Å². The van der Waals surface area contributed by atoms with E-state index >= 15 is 0 Å². The van der Waals surface area contributed by atoms with Crippen molar-refractivity contribution in [2.24, 2.45) is 0 Å². The van der Waals surface area contributed by atoms with Gasteiger partial charge in [-0.15, -0.1) is 0 Å². The van der Waals surface area contributed by atoms with Gasteiger partial charge < -0.3 is 65.1 Å². The zero-order chi connectivity index (χ0) is 53.9. The van der Waals surface area contributed by atoms with E-state index in [4.69, 9.17) is 18.9 Å². The van der Waals surface area contributed by atoms with E-state index in [1.54, 1.807) is 6.08 Å². The summed E-state index contributed by atoms with van der Waals surface area (Å²) in [6.07, 6.45) is 41.2. The Morgan fingerprint density at radius 1 is 0.486 bits per heavy atom. The second kappa shape index (κ2) is 45.7. The number of ether oxygens (including phenoxy) is 4. The van der Waals surface area contributed by atoms with E-state index in [0.717, 1.165) is 51.4 Å². The fourth-order valence-corrected chi connectivity index (χ4v) is 9.54. The van der Waals surface area contributed by atoms with Gasteiger partial charge >= 0.3 is 0 Å². The van der Waals surface area contributed by atoms with Gasteiger partial charge in [0.1, 0.15) is 48.8 Å². The van der Waals surface area contributed by atoms with E-state index in [1.165, 1.54) is 135 Å². The molecular formula is C60H107NO13. The quantitative estimate of drug-likeness (QED) is 0.0205. The minimum atomic E-state index is -1.79. The predicted molar refractivity (Wildman–Crippen MR) is 295 cm³/mol. The smallest absolute Gasteiger partial charge is 0.224 e. The zero-order valence-corrected chi connectivity index (χ0v) is 46.1. The highest BCUT2D eigenvalue weighted by molar-refractivity contribution is 5.77. The summed E-state index contributed by atoms with van der Waals surface area (Å²) in [5.41, 5.74) is 0. The molecule has 9 N–H and O–H groups in total. The molecule has 14 nitrogen and oxygen atoms in total. The molecule has 0 aromatic heterocycles.